The Morgan fingerprint density at radius 1 is 0.933 bits per heavy atom. The van der Waals surface area contributed by atoms with Crippen LogP contribution in [-0.2, 0) is 0 Å². The molecule has 2 fully saturated rings. The van der Waals surface area contributed by atoms with Crippen molar-refractivity contribution in [3.8, 4) is 0 Å². The van der Waals surface area contributed by atoms with Gasteiger partial charge in [0.05, 0.1) is 0 Å². The highest BCUT2D eigenvalue weighted by atomic mass is 35.5. The van der Waals surface area contributed by atoms with E-state index in [1.54, 1.807) is 0 Å². The minimum Gasteiger partial charge on any atom is -0.301 e. The van der Waals surface area contributed by atoms with Crippen LogP contribution in [0.2, 0.25) is 0 Å². The number of hydrogen-bond donors (Lipinski definition) is 0. The topological polar surface area (TPSA) is 6.48 Å². The van der Waals surface area contributed by atoms with E-state index in [2.05, 4.69) is 9.80 Å². The van der Waals surface area contributed by atoms with Gasteiger partial charge in [0.2, 0.25) is 0 Å². The third-order valence-electron chi connectivity index (χ3n) is 3.58. The smallest absolute Gasteiger partial charge is 0.0223 e. The van der Waals surface area contributed by atoms with Crippen molar-refractivity contribution < 1.29 is 0 Å². The van der Waals surface area contributed by atoms with Crippen molar-refractivity contribution in [1.29, 1.82) is 0 Å². The maximum Gasteiger partial charge on any atom is 0.0223 e. The third kappa shape index (κ3) is 3.93. The highest BCUT2D eigenvalue weighted by molar-refractivity contribution is 6.17. The molecule has 1 heterocycles. The lowest BCUT2D eigenvalue weighted by Crippen LogP contribution is -2.47. The molecule has 0 radical (unpaired) electrons. The highest BCUT2D eigenvalue weighted by Crippen LogP contribution is 2.27. The summed E-state index contributed by atoms with van der Waals surface area (Å²) in [5.41, 5.74) is 0. The molecule has 0 aromatic rings. The Bertz CT molecular complexity index is 174. The Hall–Kier alpha value is 0.210. The number of alkyl halides is 1. The summed E-state index contributed by atoms with van der Waals surface area (Å²) in [6.45, 7) is 6.48. The van der Waals surface area contributed by atoms with Crippen LogP contribution in [0.15, 0.2) is 0 Å². The van der Waals surface area contributed by atoms with Gasteiger partial charge in [-0.1, -0.05) is 6.42 Å². The molecule has 15 heavy (non-hydrogen) atoms. The lowest BCUT2D eigenvalue weighted by atomic mass is 10.2. The summed E-state index contributed by atoms with van der Waals surface area (Å²) in [6, 6.07) is 0.961. The minimum atomic E-state index is 0.829. The molecule has 0 N–H and O–H groups in total. The van der Waals surface area contributed by atoms with Crippen molar-refractivity contribution >= 4 is 11.6 Å². The van der Waals surface area contributed by atoms with E-state index in [1.807, 2.05) is 0 Å². The predicted molar refractivity (Wildman–Crippen MR) is 65.6 cm³/mol. The first-order valence-electron chi connectivity index (χ1n) is 6.42. The molecule has 0 aromatic carbocycles. The Morgan fingerprint density at radius 3 is 2.27 bits per heavy atom. The first-order chi connectivity index (χ1) is 7.40. The molecule has 0 spiro atoms. The summed E-state index contributed by atoms with van der Waals surface area (Å²) in [4.78, 5) is 5.29. The van der Waals surface area contributed by atoms with Gasteiger partial charge in [0.1, 0.15) is 0 Å². The largest absolute Gasteiger partial charge is 0.301 e. The number of halogens is 1. The van der Waals surface area contributed by atoms with Crippen LogP contribution < -0.4 is 0 Å². The lowest BCUT2D eigenvalue weighted by molar-refractivity contribution is 0.125. The number of rotatable bonds is 6. The van der Waals surface area contributed by atoms with E-state index in [4.69, 9.17) is 11.6 Å². The number of piperazine rings is 1. The Labute approximate surface area is 98.6 Å². The van der Waals surface area contributed by atoms with Crippen molar-refractivity contribution in [2.45, 2.75) is 38.1 Å². The highest BCUT2D eigenvalue weighted by Gasteiger charge is 2.30. The average molecular weight is 231 g/mol. The lowest BCUT2D eigenvalue weighted by Gasteiger charge is -2.34. The first-order valence-corrected chi connectivity index (χ1v) is 6.96. The molecular formula is C12H23ClN2. The second kappa shape index (κ2) is 6.07. The monoisotopic (exact) mass is 230 g/mol. The molecule has 2 nitrogen and oxygen atoms in total. The molecule has 0 amide bonds. The fraction of sp³-hybridized carbons (Fsp3) is 1.00. The van der Waals surface area contributed by atoms with E-state index < -0.39 is 0 Å². The molecule has 1 aliphatic carbocycles. The maximum absolute atomic E-state index is 5.66. The van der Waals surface area contributed by atoms with Gasteiger partial charge in [-0.25, -0.2) is 0 Å². The predicted octanol–water partition coefficient (Wildman–Crippen LogP) is 2.18. The summed E-state index contributed by atoms with van der Waals surface area (Å²) in [7, 11) is 0. The fourth-order valence-corrected chi connectivity index (χ4v) is 2.59. The number of hydrogen-bond acceptors (Lipinski definition) is 2. The fourth-order valence-electron chi connectivity index (χ4n) is 2.40. The molecule has 0 atom stereocenters. The summed E-state index contributed by atoms with van der Waals surface area (Å²) in [5.74, 6) is 0.829. The van der Waals surface area contributed by atoms with Crippen molar-refractivity contribution in [2.75, 3.05) is 38.6 Å². The standard InChI is InChI=1S/C12H23ClN2/c13-6-2-1-3-7-14-8-10-15(11-9-14)12-4-5-12/h12H,1-11H2. The van der Waals surface area contributed by atoms with Gasteiger partial charge in [-0.05, 0) is 32.2 Å². The second-order valence-corrected chi connectivity index (χ2v) is 5.24. The molecule has 1 saturated carbocycles. The maximum atomic E-state index is 5.66. The minimum absolute atomic E-state index is 0.829. The second-order valence-electron chi connectivity index (χ2n) is 4.86. The van der Waals surface area contributed by atoms with Crippen molar-refractivity contribution in [3.05, 3.63) is 0 Å². The van der Waals surface area contributed by atoms with E-state index in [9.17, 15) is 0 Å². The van der Waals surface area contributed by atoms with E-state index in [0.29, 0.717) is 0 Å². The van der Waals surface area contributed by atoms with Gasteiger partial charge in [0.25, 0.3) is 0 Å². The van der Waals surface area contributed by atoms with Crippen LogP contribution in [0.3, 0.4) is 0 Å². The van der Waals surface area contributed by atoms with E-state index in [-0.39, 0.29) is 0 Å². The summed E-state index contributed by atoms with van der Waals surface area (Å²) in [5, 5.41) is 0. The molecule has 1 aliphatic heterocycles. The molecule has 0 aromatic heterocycles. The molecule has 3 heteroatoms. The molecule has 0 bridgehead atoms. The van der Waals surface area contributed by atoms with E-state index >= 15 is 0 Å². The zero-order chi connectivity index (χ0) is 10.5. The zero-order valence-corrected chi connectivity index (χ0v) is 10.4. The van der Waals surface area contributed by atoms with Crippen LogP contribution in [0.4, 0.5) is 0 Å². The van der Waals surface area contributed by atoms with Gasteiger partial charge in [0.15, 0.2) is 0 Å². The quantitative estimate of drug-likeness (QED) is 0.510. The van der Waals surface area contributed by atoms with Gasteiger partial charge < -0.3 is 4.90 Å². The molecular weight excluding hydrogens is 208 g/mol. The molecule has 1 saturated heterocycles. The van der Waals surface area contributed by atoms with Gasteiger partial charge in [-0.15, -0.1) is 11.6 Å². The van der Waals surface area contributed by atoms with Crippen LogP contribution >= 0.6 is 11.6 Å². The molecule has 2 rings (SSSR count). The van der Waals surface area contributed by atoms with Crippen LogP contribution in [0.5, 0.6) is 0 Å². The number of nitrogens with zero attached hydrogens (tertiary/aromatic N) is 2. The van der Waals surface area contributed by atoms with Gasteiger partial charge in [-0.2, -0.15) is 0 Å². The van der Waals surface area contributed by atoms with Crippen molar-refractivity contribution in [2.24, 2.45) is 0 Å². The first kappa shape index (κ1) is 11.7. The van der Waals surface area contributed by atoms with Gasteiger partial charge in [-0.3, -0.25) is 4.90 Å². The Balaban J connectivity index is 1.53. The molecule has 0 unspecified atom stereocenters. The molecule has 88 valence electrons. The van der Waals surface area contributed by atoms with Crippen LogP contribution in [0, 0.1) is 0 Å². The van der Waals surface area contributed by atoms with Crippen LogP contribution in [-0.4, -0.2) is 54.4 Å². The van der Waals surface area contributed by atoms with Gasteiger partial charge >= 0.3 is 0 Å². The van der Waals surface area contributed by atoms with Crippen LogP contribution in [0.25, 0.3) is 0 Å². The Morgan fingerprint density at radius 2 is 1.67 bits per heavy atom. The Kier molecular flexibility index (Phi) is 4.73. The van der Waals surface area contributed by atoms with Crippen LogP contribution in [0.1, 0.15) is 32.1 Å². The third-order valence-corrected chi connectivity index (χ3v) is 3.85. The molecule has 2 aliphatic rings. The van der Waals surface area contributed by atoms with Gasteiger partial charge in [0, 0.05) is 38.1 Å². The summed E-state index contributed by atoms with van der Waals surface area (Å²) < 4.78 is 0. The van der Waals surface area contributed by atoms with Crippen molar-refractivity contribution in [3.63, 3.8) is 0 Å². The summed E-state index contributed by atoms with van der Waals surface area (Å²) >= 11 is 5.66. The van der Waals surface area contributed by atoms with E-state index in [0.717, 1.165) is 11.9 Å². The van der Waals surface area contributed by atoms with Crippen molar-refractivity contribution in [1.82, 2.24) is 9.80 Å². The number of unbranched alkanes of at least 4 members (excludes halogenated alkanes) is 2. The SMILES string of the molecule is ClCCCCCN1CCN(C2CC2)CC1. The van der Waals surface area contributed by atoms with E-state index in [1.165, 1.54) is 64.8 Å². The summed E-state index contributed by atoms with van der Waals surface area (Å²) in [6.07, 6.45) is 6.72. The average Bonchev–Trinajstić information content (AvgIpc) is 3.09. The normalized spacial score (nSPS) is 24.6. The zero-order valence-electron chi connectivity index (χ0n) is 9.63.